The van der Waals surface area contributed by atoms with Gasteiger partial charge >= 0.3 is 0 Å². The molecule has 20 heavy (non-hydrogen) atoms. The van der Waals surface area contributed by atoms with E-state index in [2.05, 4.69) is 29.1 Å². The van der Waals surface area contributed by atoms with Gasteiger partial charge in [-0.15, -0.1) is 0 Å². The van der Waals surface area contributed by atoms with Gasteiger partial charge in [-0.3, -0.25) is 4.79 Å². The second kappa shape index (κ2) is 6.17. The van der Waals surface area contributed by atoms with Gasteiger partial charge in [0.2, 0.25) is 0 Å². The first-order valence-corrected chi connectivity index (χ1v) is 7.11. The van der Waals surface area contributed by atoms with Crippen molar-refractivity contribution in [2.75, 3.05) is 12.3 Å². The van der Waals surface area contributed by atoms with Gasteiger partial charge in [-0.2, -0.15) is 0 Å². The van der Waals surface area contributed by atoms with Crippen LogP contribution in [-0.2, 0) is 4.74 Å². The predicted molar refractivity (Wildman–Crippen MR) is 76.2 cm³/mol. The number of hydrogen-bond acceptors (Lipinski definition) is 5. The van der Waals surface area contributed by atoms with Crippen molar-refractivity contribution in [2.24, 2.45) is 0 Å². The van der Waals surface area contributed by atoms with Gasteiger partial charge in [-0.05, 0) is 25.7 Å². The topological polar surface area (TPSA) is 90.1 Å². The normalized spacial score (nSPS) is 21.4. The van der Waals surface area contributed by atoms with Crippen LogP contribution in [0.15, 0.2) is 12.4 Å². The summed E-state index contributed by atoms with van der Waals surface area (Å²) in [4.78, 5) is 20.0. The van der Waals surface area contributed by atoms with Gasteiger partial charge in [0, 0.05) is 12.6 Å². The molecule has 6 nitrogen and oxygen atoms in total. The minimum Gasteiger partial charge on any atom is -0.382 e. The van der Waals surface area contributed by atoms with Gasteiger partial charge in [-0.1, -0.05) is 13.8 Å². The first-order chi connectivity index (χ1) is 9.58. The number of carbonyl (C=O) groups is 1. The lowest BCUT2D eigenvalue weighted by molar-refractivity contribution is -0.0918. The zero-order chi connectivity index (χ0) is 14.6. The average molecular weight is 278 g/mol. The zero-order valence-electron chi connectivity index (χ0n) is 12.1. The van der Waals surface area contributed by atoms with Gasteiger partial charge in [-0.25, -0.2) is 9.97 Å². The maximum atomic E-state index is 12.1. The molecule has 1 unspecified atom stereocenters. The van der Waals surface area contributed by atoms with E-state index in [0.717, 1.165) is 25.7 Å². The lowest BCUT2D eigenvalue weighted by Gasteiger charge is -2.40. The molecule has 1 atom stereocenters. The monoisotopic (exact) mass is 278 g/mol. The van der Waals surface area contributed by atoms with E-state index >= 15 is 0 Å². The number of anilines is 1. The van der Waals surface area contributed by atoms with Crippen LogP contribution in [0.1, 0.15) is 50.0 Å². The average Bonchev–Trinajstić information content (AvgIpc) is 2.48. The molecule has 1 fully saturated rings. The number of ether oxygens (including phenoxy) is 1. The molecule has 1 aromatic heterocycles. The van der Waals surface area contributed by atoms with Crippen LogP contribution in [0.2, 0.25) is 0 Å². The highest BCUT2D eigenvalue weighted by Gasteiger charge is 2.35. The van der Waals surface area contributed by atoms with Crippen molar-refractivity contribution in [3.63, 3.8) is 0 Å². The molecular formula is C14H22N4O2. The third-order valence-corrected chi connectivity index (χ3v) is 4.02. The first kappa shape index (κ1) is 14.7. The number of nitrogen functional groups attached to an aromatic ring is 1. The van der Waals surface area contributed by atoms with Crippen LogP contribution in [0.3, 0.4) is 0 Å². The second-order valence-corrected chi connectivity index (χ2v) is 5.23. The third kappa shape index (κ3) is 3.25. The molecule has 0 saturated carbocycles. The van der Waals surface area contributed by atoms with Crippen molar-refractivity contribution < 1.29 is 9.53 Å². The molecule has 1 aromatic rings. The number of nitrogens with zero attached hydrogens (tertiary/aromatic N) is 2. The number of amides is 1. The van der Waals surface area contributed by atoms with Gasteiger partial charge in [0.05, 0.1) is 18.0 Å². The smallest absolute Gasteiger partial charge is 0.271 e. The molecule has 0 aliphatic carbocycles. The molecule has 0 bridgehead atoms. The van der Waals surface area contributed by atoms with Crippen molar-refractivity contribution in [2.45, 2.75) is 51.2 Å². The lowest BCUT2D eigenvalue weighted by Crippen LogP contribution is -2.48. The van der Waals surface area contributed by atoms with E-state index < -0.39 is 0 Å². The summed E-state index contributed by atoms with van der Waals surface area (Å²) < 4.78 is 5.90. The van der Waals surface area contributed by atoms with Crippen molar-refractivity contribution in [3.8, 4) is 0 Å². The Morgan fingerprint density at radius 1 is 1.45 bits per heavy atom. The minimum absolute atomic E-state index is 0.108. The molecule has 1 aliphatic heterocycles. The summed E-state index contributed by atoms with van der Waals surface area (Å²) in [7, 11) is 0. The highest BCUT2D eigenvalue weighted by molar-refractivity contribution is 5.92. The van der Waals surface area contributed by atoms with Crippen LogP contribution in [0.5, 0.6) is 0 Å². The largest absolute Gasteiger partial charge is 0.382 e. The van der Waals surface area contributed by atoms with Gasteiger partial charge < -0.3 is 15.8 Å². The molecular weight excluding hydrogens is 256 g/mol. The Balaban J connectivity index is 1.99. The van der Waals surface area contributed by atoms with Crippen molar-refractivity contribution in [1.82, 2.24) is 15.3 Å². The van der Waals surface area contributed by atoms with E-state index in [4.69, 9.17) is 10.5 Å². The molecule has 1 aliphatic rings. The van der Waals surface area contributed by atoms with Crippen molar-refractivity contribution in [3.05, 3.63) is 18.1 Å². The Labute approximate surface area is 119 Å². The molecule has 6 heteroatoms. The number of hydrogen-bond donors (Lipinski definition) is 2. The Morgan fingerprint density at radius 3 is 2.80 bits per heavy atom. The van der Waals surface area contributed by atoms with E-state index in [9.17, 15) is 4.79 Å². The maximum Gasteiger partial charge on any atom is 0.271 e. The fraction of sp³-hybridized carbons (Fsp3) is 0.643. The fourth-order valence-electron chi connectivity index (χ4n) is 2.61. The van der Waals surface area contributed by atoms with Gasteiger partial charge in [0.1, 0.15) is 11.5 Å². The summed E-state index contributed by atoms with van der Waals surface area (Å²) in [6, 6.07) is 0.121. The molecule has 1 saturated heterocycles. The molecule has 2 rings (SSSR count). The molecule has 1 amide bonds. The minimum atomic E-state index is -0.203. The van der Waals surface area contributed by atoms with Gasteiger partial charge in [0.15, 0.2) is 0 Å². The van der Waals surface area contributed by atoms with Crippen LogP contribution in [0, 0.1) is 0 Å². The SMILES string of the molecule is CCC1(CC)CC(NC(=O)c2cnc(N)cn2)CCO1. The van der Waals surface area contributed by atoms with E-state index in [1.165, 1.54) is 12.4 Å². The number of aromatic nitrogens is 2. The van der Waals surface area contributed by atoms with Crippen LogP contribution in [0.4, 0.5) is 5.82 Å². The van der Waals surface area contributed by atoms with E-state index in [1.54, 1.807) is 0 Å². The molecule has 0 aromatic carbocycles. The van der Waals surface area contributed by atoms with Crippen molar-refractivity contribution >= 4 is 11.7 Å². The van der Waals surface area contributed by atoms with Crippen molar-refractivity contribution in [1.29, 1.82) is 0 Å². The van der Waals surface area contributed by atoms with Gasteiger partial charge in [0.25, 0.3) is 5.91 Å². The van der Waals surface area contributed by atoms with Crippen LogP contribution in [0.25, 0.3) is 0 Å². The third-order valence-electron chi connectivity index (χ3n) is 4.02. The Bertz CT molecular complexity index is 457. The summed E-state index contributed by atoms with van der Waals surface area (Å²) >= 11 is 0. The second-order valence-electron chi connectivity index (χ2n) is 5.23. The standard InChI is InChI=1S/C14H22N4O2/c1-3-14(4-2)7-10(5-6-20-14)18-13(19)11-8-17-12(15)9-16-11/h8-10H,3-7H2,1-2H3,(H2,15,17)(H,18,19). The van der Waals surface area contributed by atoms with Crippen LogP contribution >= 0.6 is 0 Å². The summed E-state index contributed by atoms with van der Waals surface area (Å²) in [5.41, 5.74) is 5.65. The lowest BCUT2D eigenvalue weighted by atomic mass is 9.86. The van der Waals surface area contributed by atoms with E-state index in [1.807, 2.05) is 0 Å². The first-order valence-electron chi connectivity index (χ1n) is 7.11. The molecule has 110 valence electrons. The van der Waals surface area contributed by atoms with Crippen LogP contribution in [-0.4, -0.2) is 34.1 Å². The summed E-state index contributed by atoms with van der Waals surface area (Å²) in [5.74, 6) is 0.106. The van der Waals surface area contributed by atoms with Crippen LogP contribution < -0.4 is 11.1 Å². The number of carbonyl (C=O) groups excluding carboxylic acids is 1. The van der Waals surface area contributed by atoms with E-state index in [-0.39, 0.29) is 17.6 Å². The molecule has 0 radical (unpaired) electrons. The quantitative estimate of drug-likeness (QED) is 0.871. The summed E-state index contributed by atoms with van der Waals surface area (Å²) in [6.45, 7) is 4.93. The highest BCUT2D eigenvalue weighted by atomic mass is 16.5. The fourth-order valence-corrected chi connectivity index (χ4v) is 2.61. The zero-order valence-corrected chi connectivity index (χ0v) is 12.1. The molecule has 3 N–H and O–H groups in total. The van der Waals surface area contributed by atoms with E-state index in [0.29, 0.717) is 18.1 Å². The summed E-state index contributed by atoms with van der Waals surface area (Å²) in [6.07, 6.45) is 6.37. The Hall–Kier alpha value is -1.69. The number of nitrogens with two attached hydrogens (primary N) is 1. The Morgan fingerprint density at radius 2 is 2.20 bits per heavy atom. The number of nitrogens with one attached hydrogen (secondary N) is 1. The Kier molecular flexibility index (Phi) is 4.54. The summed E-state index contributed by atoms with van der Waals surface area (Å²) in [5, 5.41) is 3.02. The molecule has 0 spiro atoms. The maximum absolute atomic E-state index is 12.1. The molecule has 2 heterocycles. The highest BCUT2D eigenvalue weighted by Crippen LogP contribution is 2.31. The predicted octanol–water partition coefficient (Wildman–Crippen LogP) is 1.53. The number of rotatable bonds is 4.